The Labute approximate surface area is 105 Å². The molecular formula is C12H18N2O4. The van der Waals surface area contributed by atoms with Crippen molar-refractivity contribution in [1.29, 1.82) is 0 Å². The number of benzene rings is 1. The van der Waals surface area contributed by atoms with Crippen molar-refractivity contribution in [2.24, 2.45) is 0 Å². The van der Waals surface area contributed by atoms with E-state index in [0.29, 0.717) is 12.1 Å². The van der Waals surface area contributed by atoms with Crippen molar-refractivity contribution in [2.75, 3.05) is 13.2 Å². The fourth-order valence-electron chi connectivity index (χ4n) is 1.49. The van der Waals surface area contributed by atoms with Crippen LogP contribution in [0.1, 0.15) is 18.1 Å². The molecule has 18 heavy (non-hydrogen) atoms. The molecule has 0 radical (unpaired) electrons. The van der Waals surface area contributed by atoms with E-state index < -0.39 is 10.5 Å². The van der Waals surface area contributed by atoms with Gasteiger partial charge in [0.2, 0.25) is 0 Å². The maximum absolute atomic E-state index is 10.8. The molecule has 0 saturated heterocycles. The minimum atomic E-state index is -1.18. The predicted molar refractivity (Wildman–Crippen MR) is 67.2 cm³/mol. The molecule has 0 aromatic heterocycles. The van der Waals surface area contributed by atoms with Gasteiger partial charge in [0.1, 0.15) is 0 Å². The van der Waals surface area contributed by atoms with Crippen LogP contribution in [0.2, 0.25) is 0 Å². The van der Waals surface area contributed by atoms with Crippen LogP contribution >= 0.6 is 0 Å². The number of nitrogens with one attached hydrogen (secondary N) is 1. The SMILES string of the molecule is Cc1ccc(CNCC(C)(O)CO)cc1[N+](=O)[O-]. The van der Waals surface area contributed by atoms with Gasteiger partial charge in [-0.1, -0.05) is 12.1 Å². The van der Waals surface area contributed by atoms with Gasteiger partial charge in [-0.25, -0.2) is 0 Å². The number of nitro benzene ring substituents is 1. The maximum Gasteiger partial charge on any atom is 0.272 e. The second kappa shape index (κ2) is 5.90. The van der Waals surface area contributed by atoms with Crippen molar-refractivity contribution in [1.82, 2.24) is 5.32 Å². The minimum absolute atomic E-state index is 0.0863. The van der Waals surface area contributed by atoms with Gasteiger partial charge < -0.3 is 15.5 Å². The molecule has 6 heteroatoms. The second-order valence-corrected chi connectivity index (χ2v) is 4.64. The number of nitro groups is 1. The molecule has 0 bridgehead atoms. The number of aryl methyl sites for hydroxylation is 1. The number of hydrogen-bond acceptors (Lipinski definition) is 5. The van der Waals surface area contributed by atoms with E-state index in [2.05, 4.69) is 5.32 Å². The van der Waals surface area contributed by atoms with Gasteiger partial charge in [0.05, 0.1) is 17.1 Å². The van der Waals surface area contributed by atoms with E-state index in [1.54, 1.807) is 19.1 Å². The molecule has 0 spiro atoms. The highest BCUT2D eigenvalue weighted by atomic mass is 16.6. The summed E-state index contributed by atoms with van der Waals surface area (Å²) in [7, 11) is 0. The summed E-state index contributed by atoms with van der Waals surface area (Å²) in [5.41, 5.74) is 0.284. The number of nitrogens with zero attached hydrogens (tertiary/aromatic N) is 1. The van der Waals surface area contributed by atoms with Crippen LogP contribution in [0, 0.1) is 17.0 Å². The Morgan fingerprint density at radius 3 is 2.72 bits per heavy atom. The molecule has 100 valence electrons. The van der Waals surface area contributed by atoms with Crippen LogP contribution in [0.3, 0.4) is 0 Å². The summed E-state index contributed by atoms with van der Waals surface area (Å²) >= 11 is 0. The molecule has 3 N–H and O–H groups in total. The number of aliphatic hydroxyl groups excluding tert-OH is 1. The molecule has 1 atom stereocenters. The van der Waals surface area contributed by atoms with Gasteiger partial charge in [0.25, 0.3) is 5.69 Å². The lowest BCUT2D eigenvalue weighted by molar-refractivity contribution is -0.385. The van der Waals surface area contributed by atoms with Gasteiger partial charge in [-0.05, 0) is 19.4 Å². The molecule has 6 nitrogen and oxygen atoms in total. The summed E-state index contributed by atoms with van der Waals surface area (Å²) < 4.78 is 0. The van der Waals surface area contributed by atoms with Crippen LogP contribution in [0.4, 0.5) is 5.69 Å². The standard InChI is InChI=1S/C12H18N2O4/c1-9-3-4-10(5-11(9)14(17)18)6-13-7-12(2,16)8-15/h3-5,13,15-16H,6-8H2,1-2H3. The molecule has 1 aromatic rings. The molecule has 0 aliphatic rings. The fourth-order valence-corrected chi connectivity index (χ4v) is 1.49. The molecule has 0 fully saturated rings. The second-order valence-electron chi connectivity index (χ2n) is 4.64. The summed E-state index contributed by atoms with van der Waals surface area (Å²) in [6.45, 7) is 3.47. The quantitative estimate of drug-likeness (QED) is 0.514. The first-order chi connectivity index (χ1) is 8.35. The van der Waals surface area contributed by atoms with E-state index in [4.69, 9.17) is 5.11 Å². The fraction of sp³-hybridized carbons (Fsp3) is 0.500. The molecule has 1 rings (SSSR count). The van der Waals surface area contributed by atoms with Crippen molar-refractivity contribution < 1.29 is 15.1 Å². The van der Waals surface area contributed by atoms with Crippen LogP contribution in [0.15, 0.2) is 18.2 Å². The summed E-state index contributed by atoms with van der Waals surface area (Å²) in [5, 5.41) is 32.1. The first kappa shape index (κ1) is 14.6. The van der Waals surface area contributed by atoms with Crippen LogP contribution in [0.25, 0.3) is 0 Å². The zero-order valence-corrected chi connectivity index (χ0v) is 10.5. The predicted octanol–water partition coefficient (Wildman–Crippen LogP) is 0.736. The van der Waals surface area contributed by atoms with Crippen molar-refractivity contribution in [3.8, 4) is 0 Å². The Hall–Kier alpha value is -1.50. The third-order valence-corrected chi connectivity index (χ3v) is 2.65. The third kappa shape index (κ3) is 4.06. The van der Waals surface area contributed by atoms with E-state index in [0.717, 1.165) is 5.56 Å². The van der Waals surface area contributed by atoms with Crippen molar-refractivity contribution in [3.63, 3.8) is 0 Å². The third-order valence-electron chi connectivity index (χ3n) is 2.65. The normalized spacial score (nSPS) is 14.2. The molecule has 1 aromatic carbocycles. The van der Waals surface area contributed by atoms with Gasteiger partial charge >= 0.3 is 0 Å². The molecule has 0 amide bonds. The number of aliphatic hydroxyl groups is 2. The molecule has 0 heterocycles. The highest BCUT2D eigenvalue weighted by Crippen LogP contribution is 2.19. The maximum atomic E-state index is 10.8. The van der Waals surface area contributed by atoms with Gasteiger partial charge in [0.15, 0.2) is 0 Å². The molecule has 1 unspecified atom stereocenters. The lowest BCUT2D eigenvalue weighted by Crippen LogP contribution is -2.40. The van der Waals surface area contributed by atoms with Gasteiger partial charge in [-0.15, -0.1) is 0 Å². The Kier molecular flexibility index (Phi) is 4.77. The highest BCUT2D eigenvalue weighted by Gasteiger charge is 2.18. The van der Waals surface area contributed by atoms with Crippen LogP contribution < -0.4 is 5.32 Å². The molecule has 0 saturated carbocycles. The first-order valence-electron chi connectivity index (χ1n) is 5.63. The van der Waals surface area contributed by atoms with Crippen LogP contribution in [-0.4, -0.2) is 33.9 Å². The van der Waals surface area contributed by atoms with Crippen molar-refractivity contribution in [2.45, 2.75) is 26.0 Å². The van der Waals surface area contributed by atoms with Gasteiger partial charge in [0, 0.05) is 24.7 Å². The summed E-state index contributed by atoms with van der Waals surface area (Å²) in [4.78, 5) is 10.4. The van der Waals surface area contributed by atoms with Gasteiger partial charge in [-0.3, -0.25) is 10.1 Å². The largest absolute Gasteiger partial charge is 0.393 e. The van der Waals surface area contributed by atoms with E-state index in [-0.39, 0.29) is 18.8 Å². The average Bonchev–Trinajstić information content (AvgIpc) is 2.31. The molecular weight excluding hydrogens is 236 g/mol. The highest BCUT2D eigenvalue weighted by molar-refractivity contribution is 5.42. The number of rotatable bonds is 6. The minimum Gasteiger partial charge on any atom is -0.393 e. The van der Waals surface area contributed by atoms with E-state index in [9.17, 15) is 15.2 Å². The average molecular weight is 254 g/mol. The lowest BCUT2D eigenvalue weighted by atomic mass is 10.1. The summed E-state index contributed by atoms with van der Waals surface area (Å²) in [6, 6.07) is 5.00. The first-order valence-corrected chi connectivity index (χ1v) is 5.63. The van der Waals surface area contributed by atoms with Crippen molar-refractivity contribution >= 4 is 5.69 Å². The topological polar surface area (TPSA) is 95.6 Å². The van der Waals surface area contributed by atoms with Gasteiger partial charge in [-0.2, -0.15) is 0 Å². The Morgan fingerprint density at radius 1 is 1.50 bits per heavy atom. The molecule has 0 aliphatic carbocycles. The van der Waals surface area contributed by atoms with Crippen LogP contribution in [0.5, 0.6) is 0 Å². The Morgan fingerprint density at radius 2 is 2.17 bits per heavy atom. The molecule has 0 aliphatic heterocycles. The van der Waals surface area contributed by atoms with E-state index >= 15 is 0 Å². The van der Waals surface area contributed by atoms with E-state index in [1.165, 1.54) is 13.0 Å². The van der Waals surface area contributed by atoms with E-state index in [1.807, 2.05) is 0 Å². The zero-order valence-electron chi connectivity index (χ0n) is 10.5. The number of hydrogen-bond donors (Lipinski definition) is 3. The monoisotopic (exact) mass is 254 g/mol. The smallest absolute Gasteiger partial charge is 0.272 e. The summed E-state index contributed by atoms with van der Waals surface area (Å²) in [5.74, 6) is 0. The lowest BCUT2D eigenvalue weighted by Gasteiger charge is -2.20. The zero-order chi connectivity index (χ0) is 13.8. The van der Waals surface area contributed by atoms with Crippen molar-refractivity contribution in [3.05, 3.63) is 39.4 Å². The Balaban J connectivity index is 2.64. The summed E-state index contributed by atoms with van der Waals surface area (Å²) in [6.07, 6.45) is 0. The Bertz CT molecular complexity index is 432. The van der Waals surface area contributed by atoms with Crippen LogP contribution in [-0.2, 0) is 6.54 Å².